The van der Waals surface area contributed by atoms with Crippen LogP contribution >= 0.6 is 0 Å². The van der Waals surface area contributed by atoms with Gasteiger partial charge in [0.05, 0.1) is 12.8 Å². The van der Waals surface area contributed by atoms with E-state index < -0.39 is 0 Å². The van der Waals surface area contributed by atoms with Gasteiger partial charge in [-0.05, 0) is 28.3 Å². The van der Waals surface area contributed by atoms with E-state index in [2.05, 4.69) is 36.4 Å². The van der Waals surface area contributed by atoms with Crippen molar-refractivity contribution in [1.82, 2.24) is 0 Å². The highest BCUT2D eigenvalue weighted by molar-refractivity contribution is 6.04. The van der Waals surface area contributed by atoms with Gasteiger partial charge in [-0.15, -0.1) is 0 Å². The molecule has 0 radical (unpaired) electrons. The highest BCUT2D eigenvalue weighted by atomic mass is 16.5. The molecule has 4 aromatic carbocycles. The fourth-order valence-electron chi connectivity index (χ4n) is 3.04. The van der Waals surface area contributed by atoms with Gasteiger partial charge in [0.25, 0.3) is 0 Å². The second-order valence-corrected chi connectivity index (χ2v) is 5.66. The lowest BCUT2D eigenvalue weighted by Crippen LogP contribution is -1.92. The Balaban J connectivity index is 1.88. The maximum absolute atomic E-state index is 5.54. The van der Waals surface area contributed by atoms with Crippen LogP contribution in [0.2, 0.25) is 0 Å². The predicted octanol–water partition coefficient (Wildman–Crippen LogP) is 5.75. The zero-order valence-corrected chi connectivity index (χ0v) is 13.4. The first-order valence-corrected chi connectivity index (χ1v) is 7.94. The normalized spacial score (nSPS) is 11.4. The summed E-state index contributed by atoms with van der Waals surface area (Å²) in [6.07, 6.45) is 1.91. The van der Waals surface area contributed by atoms with Gasteiger partial charge >= 0.3 is 0 Å². The Hall–Kier alpha value is -3.13. The van der Waals surface area contributed by atoms with Gasteiger partial charge in [0.15, 0.2) is 0 Å². The quantitative estimate of drug-likeness (QED) is 0.441. The minimum Gasteiger partial charge on any atom is -0.496 e. The summed E-state index contributed by atoms with van der Waals surface area (Å²) < 4.78 is 5.54. The van der Waals surface area contributed by atoms with Gasteiger partial charge in [-0.25, -0.2) is 0 Å². The summed E-state index contributed by atoms with van der Waals surface area (Å²) in [5, 5.41) is 4.66. The van der Waals surface area contributed by atoms with Crippen molar-refractivity contribution in [3.05, 3.63) is 84.4 Å². The second kappa shape index (κ2) is 6.17. The molecule has 2 nitrogen and oxygen atoms in total. The van der Waals surface area contributed by atoms with Crippen LogP contribution in [0.3, 0.4) is 0 Å². The molecule has 0 aliphatic rings. The summed E-state index contributed by atoms with van der Waals surface area (Å²) in [6, 6.07) is 26.8. The Morgan fingerprint density at radius 1 is 0.708 bits per heavy atom. The van der Waals surface area contributed by atoms with Crippen molar-refractivity contribution in [2.45, 2.75) is 0 Å². The smallest absolute Gasteiger partial charge is 0.128 e. The third-order valence-corrected chi connectivity index (χ3v) is 4.25. The number of fused-ring (bicyclic) bond motifs is 2. The average Bonchev–Trinajstić information content (AvgIpc) is 2.66. The molecule has 24 heavy (non-hydrogen) atoms. The molecule has 116 valence electrons. The molecular formula is C22H17NO. The number of hydrogen-bond donors (Lipinski definition) is 0. The first-order chi connectivity index (χ1) is 11.9. The van der Waals surface area contributed by atoms with Crippen molar-refractivity contribution in [2.24, 2.45) is 4.99 Å². The lowest BCUT2D eigenvalue weighted by molar-refractivity contribution is 0.415. The van der Waals surface area contributed by atoms with Gasteiger partial charge < -0.3 is 4.74 Å². The molecule has 0 saturated heterocycles. The molecule has 4 aromatic rings. The van der Waals surface area contributed by atoms with Crippen molar-refractivity contribution in [3.8, 4) is 5.75 Å². The maximum Gasteiger partial charge on any atom is 0.128 e. The van der Waals surface area contributed by atoms with Crippen LogP contribution in [0.1, 0.15) is 5.56 Å². The van der Waals surface area contributed by atoms with Crippen LogP contribution < -0.4 is 4.74 Å². The summed E-state index contributed by atoms with van der Waals surface area (Å²) in [5.74, 6) is 0.831. The fraction of sp³-hybridized carbons (Fsp3) is 0.0455. The van der Waals surface area contributed by atoms with Crippen LogP contribution in [0, 0.1) is 0 Å². The fourth-order valence-corrected chi connectivity index (χ4v) is 3.04. The van der Waals surface area contributed by atoms with Crippen LogP contribution in [0.4, 0.5) is 5.69 Å². The van der Waals surface area contributed by atoms with Crippen LogP contribution in [-0.4, -0.2) is 13.3 Å². The summed E-state index contributed by atoms with van der Waals surface area (Å²) in [7, 11) is 1.69. The van der Waals surface area contributed by atoms with E-state index in [1.807, 2.05) is 48.7 Å². The second-order valence-electron chi connectivity index (χ2n) is 5.66. The van der Waals surface area contributed by atoms with Crippen LogP contribution in [0.5, 0.6) is 5.75 Å². The number of benzene rings is 4. The van der Waals surface area contributed by atoms with Crippen LogP contribution in [0.25, 0.3) is 21.5 Å². The highest BCUT2D eigenvalue weighted by Crippen LogP contribution is 2.29. The third kappa shape index (κ3) is 2.52. The van der Waals surface area contributed by atoms with E-state index in [9.17, 15) is 0 Å². The molecule has 2 heteroatoms. The Morgan fingerprint density at radius 3 is 2.17 bits per heavy atom. The molecule has 0 spiro atoms. The van der Waals surface area contributed by atoms with Crippen LogP contribution in [-0.2, 0) is 0 Å². The summed E-state index contributed by atoms with van der Waals surface area (Å²) in [5.41, 5.74) is 1.96. The van der Waals surface area contributed by atoms with Crippen molar-refractivity contribution in [2.75, 3.05) is 7.11 Å². The highest BCUT2D eigenvalue weighted by Gasteiger charge is 2.06. The average molecular weight is 311 g/mol. The summed E-state index contributed by atoms with van der Waals surface area (Å²) >= 11 is 0. The van der Waals surface area contributed by atoms with E-state index in [0.29, 0.717) is 0 Å². The topological polar surface area (TPSA) is 21.6 Å². The number of methoxy groups -OCH3 is 1. The Bertz CT molecular complexity index is 1040. The number of aliphatic imine (C=N–C) groups is 1. The first-order valence-electron chi connectivity index (χ1n) is 7.94. The molecule has 0 aromatic heterocycles. The van der Waals surface area contributed by atoms with Gasteiger partial charge in [-0.2, -0.15) is 0 Å². The zero-order chi connectivity index (χ0) is 16.4. The van der Waals surface area contributed by atoms with Gasteiger partial charge in [-0.1, -0.05) is 66.7 Å². The minimum atomic E-state index is 0.831. The molecule has 4 rings (SSSR count). The van der Waals surface area contributed by atoms with Crippen molar-refractivity contribution in [1.29, 1.82) is 0 Å². The molecule has 0 aliphatic heterocycles. The lowest BCUT2D eigenvalue weighted by Gasteiger charge is -2.08. The summed E-state index contributed by atoms with van der Waals surface area (Å²) in [6.45, 7) is 0. The molecule has 0 N–H and O–H groups in total. The lowest BCUT2D eigenvalue weighted by atomic mass is 10.0. The molecule has 0 unspecified atom stereocenters. The molecule has 0 aliphatic carbocycles. The zero-order valence-electron chi connectivity index (χ0n) is 13.4. The van der Waals surface area contributed by atoms with Crippen LogP contribution in [0.15, 0.2) is 83.9 Å². The van der Waals surface area contributed by atoms with Crippen molar-refractivity contribution >= 4 is 33.4 Å². The van der Waals surface area contributed by atoms with E-state index in [4.69, 9.17) is 9.73 Å². The van der Waals surface area contributed by atoms with E-state index >= 15 is 0 Å². The molecular weight excluding hydrogens is 294 g/mol. The number of ether oxygens (including phenoxy) is 1. The summed E-state index contributed by atoms with van der Waals surface area (Å²) in [4.78, 5) is 4.76. The Labute approximate surface area is 141 Å². The first kappa shape index (κ1) is 14.5. The number of rotatable bonds is 3. The standard InChI is InChI=1S/C22H17NO/c1-24-22-14-13-17-8-2-4-10-18(17)20(22)15-23-21-12-6-9-16-7-3-5-11-19(16)21/h2-15H,1H3. The van der Waals surface area contributed by atoms with E-state index in [0.717, 1.165) is 27.8 Å². The van der Waals surface area contributed by atoms with Gasteiger partial charge in [-0.3, -0.25) is 4.99 Å². The number of hydrogen-bond acceptors (Lipinski definition) is 2. The Morgan fingerprint density at radius 2 is 1.38 bits per heavy atom. The largest absolute Gasteiger partial charge is 0.496 e. The van der Waals surface area contributed by atoms with E-state index in [1.165, 1.54) is 10.8 Å². The van der Waals surface area contributed by atoms with Gasteiger partial charge in [0.1, 0.15) is 5.75 Å². The molecule has 0 fully saturated rings. The number of nitrogens with zero attached hydrogens (tertiary/aromatic N) is 1. The molecule has 0 heterocycles. The SMILES string of the molecule is COc1ccc2ccccc2c1C=Nc1cccc2ccccc12. The van der Waals surface area contributed by atoms with Crippen molar-refractivity contribution in [3.63, 3.8) is 0 Å². The monoisotopic (exact) mass is 311 g/mol. The van der Waals surface area contributed by atoms with E-state index in [-0.39, 0.29) is 0 Å². The molecule has 0 atom stereocenters. The molecule has 0 amide bonds. The molecule has 0 bridgehead atoms. The van der Waals surface area contributed by atoms with Gasteiger partial charge in [0, 0.05) is 17.2 Å². The minimum absolute atomic E-state index is 0.831. The van der Waals surface area contributed by atoms with Crippen molar-refractivity contribution < 1.29 is 4.74 Å². The van der Waals surface area contributed by atoms with E-state index in [1.54, 1.807) is 7.11 Å². The Kier molecular flexibility index (Phi) is 3.72. The third-order valence-electron chi connectivity index (χ3n) is 4.25. The molecule has 0 saturated carbocycles. The van der Waals surface area contributed by atoms with Gasteiger partial charge in [0.2, 0.25) is 0 Å². The maximum atomic E-state index is 5.54. The predicted molar refractivity (Wildman–Crippen MR) is 102 cm³/mol.